The van der Waals surface area contributed by atoms with Crippen LogP contribution in [0, 0.1) is 5.92 Å². The van der Waals surface area contributed by atoms with Crippen LogP contribution in [-0.2, 0) is 4.79 Å². The molecule has 1 amide bonds. The van der Waals surface area contributed by atoms with Crippen LogP contribution in [-0.4, -0.2) is 92.1 Å². The number of rotatable bonds is 7. The fourth-order valence-electron chi connectivity index (χ4n) is 3.85. The van der Waals surface area contributed by atoms with Crippen molar-refractivity contribution in [2.75, 3.05) is 47.5 Å². The zero-order valence-corrected chi connectivity index (χ0v) is 20.8. The molecule has 34 heavy (non-hydrogen) atoms. The highest BCUT2D eigenvalue weighted by atomic mass is 19.1. The Balaban J connectivity index is 0.000000563. The van der Waals surface area contributed by atoms with Gasteiger partial charge in [-0.1, -0.05) is 37.5 Å². The largest absolute Gasteiger partial charge is 0.451 e. The van der Waals surface area contributed by atoms with Crippen molar-refractivity contribution in [1.82, 2.24) is 9.80 Å². The van der Waals surface area contributed by atoms with Crippen molar-refractivity contribution in [2.45, 2.75) is 57.2 Å². The topological polar surface area (TPSA) is 125 Å². The first-order valence-corrected chi connectivity index (χ1v) is 11.7. The summed E-state index contributed by atoms with van der Waals surface area (Å²) >= 11 is 0. The van der Waals surface area contributed by atoms with Gasteiger partial charge >= 0.3 is 0 Å². The first-order chi connectivity index (χ1) is 16.4. The third kappa shape index (κ3) is 12.0. The Hall–Kier alpha value is -1.85. The van der Waals surface area contributed by atoms with Crippen LogP contribution in [0.3, 0.4) is 0 Å². The minimum atomic E-state index is -0.944. The summed E-state index contributed by atoms with van der Waals surface area (Å²) in [6.07, 6.45) is 4.41. The number of aliphatic hydroxyl groups excluding tert-OH is 2. The van der Waals surface area contributed by atoms with Gasteiger partial charge in [0.2, 0.25) is 5.91 Å². The summed E-state index contributed by atoms with van der Waals surface area (Å²) in [5.41, 5.74) is 11.4. The Morgan fingerprint density at radius 2 is 1.76 bits per heavy atom. The van der Waals surface area contributed by atoms with E-state index in [0.29, 0.717) is 44.9 Å². The summed E-state index contributed by atoms with van der Waals surface area (Å²) in [5, 5.41) is 16.6. The normalized spacial score (nSPS) is 19.5. The lowest BCUT2D eigenvalue weighted by atomic mass is 9.84. The molecule has 1 aliphatic carbocycles. The highest BCUT2D eigenvalue weighted by Crippen LogP contribution is 2.27. The maximum Gasteiger partial charge on any atom is 0.259 e. The fraction of sp³-hybridized carbons (Fsp3) is 0.708. The number of benzene rings is 1. The molecule has 2 aliphatic rings. The van der Waals surface area contributed by atoms with Crippen LogP contribution < -0.4 is 16.2 Å². The van der Waals surface area contributed by atoms with Gasteiger partial charge in [0, 0.05) is 26.7 Å². The molecular weight excluding hydrogens is 446 g/mol. The third-order valence-electron chi connectivity index (χ3n) is 5.73. The van der Waals surface area contributed by atoms with E-state index in [1.165, 1.54) is 19.3 Å². The Morgan fingerprint density at radius 1 is 1.18 bits per heavy atom. The molecule has 0 bridgehead atoms. The van der Waals surface area contributed by atoms with Gasteiger partial charge in [0.25, 0.3) is 6.41 Å². The molecule has 1 aliphatic heterocycles. The van der Waals surface area contributed by atoms with E-state index in [9.17, 15) is 18.7 Å². The SMILES string of the molecule is CF.CN(CCN)C(O)Oc1ccccc1.CO.NC(C(=O)N1CCC(F)C1)C1CCCCC1. The van der Waals surface area contributed by atoms with Crippen molar-refractivity contribution in [2.24, 2.45) is 17.4 Å². The van der Waals surface area contributed by atoms with Gasteiger partial charge in [0.15, 0.2) is 0 Å². The number of carbonyl (C=O) groups is 1. The molecule has 8 nitrogen and oxygen atoms in total. The molecule has 3 atom stereocenters. The number of halogens is 2. The minimum Gasteiger partial charge on any atom is -0.451 e. The number of alkyl halides is 2. The van der Waals surface area contributed by atoms with Crippen molar-refractivity contribution in [3.05, 3.63) is 30.3 Å². The number of likely N-dealkylation sites (tertiary alicyclic amines) is 1. The molecule has 6 N–H and O–H groups in total. The van der Waals surface area contributed by atoms with Gasteiger partial charge in [0.05, 0.1) is 19.8 Å². The third-order valence-corrected chi connectivity index (χ3v) is 5.73. The molecule has 1 saturated heterocycles. The van der Waals surface area contributed by atoms with E-state index in [0.717, 1.165) is 20.0 Å². The highest BCUT2D eigenvalue weighted by Gasteiger charge is 2.33. The van der Waals surface area contributed by atoms with Gasteiger partial charge < -0.3 is 31.3 Å². The summed E-state index contributed by atoms with van der Waals surface area (Å²) in [6.45, 7) is 1.87. The highest BCUT2D eigenvalue weighted by molar-refractivity contribution is 5.82. The summed E-state index contributed by atoms with van der Waals surface area (Å²) in [7, 11) is 3.25. The van der Waals surface area contributed by atoms with Crippen LogP contribution in [0.1, 0.15) is 38.5 Å². The lowest BCUT2D eigenvalue weighted by molar-refractivity contribution is -0.133. The van der Waals surface area contributed by atoms with E-state index in [1.807, 2.05) is 18.2 Å². The van der Waals surface area contributed by atoms with E-state index < -0.39 is 18.6 Å². The maximum atomic E-state index is 13.0. The van der Waals surface area contributed by atoms with Crippen LogP contribution in [0.15, 0.2) is 30.3 Å². The summed E-state index contributed by atoms with van der Waals surface area (Å²) in [5.74, 6) is 0.927. The number of para-hydroxylation sites is 1. The molecule has 2 fully saturated rings. The lowest BCUT2D eigenvalue weighted by Gasteiger charge is -2.29. The average Bonchev–Trinajstić information content (AvgIpc) is 3.33. The number of ether oxygens (including phenoxy) is 1. The van der Waals surface area contributed by atoms with Crippen LogP contribution in [0.4, 0.5) is 8.78 Å². The second kappa shape index (κ2) is 19.5. The van der Waals surface area contributed by atoms with Gasteiger partial charge in [-0.05, 0) is 44.4 Å². The number of aliphatic hydroxyl groups is 2. The quantitative estimate of drug-likeness (QED) is 0.430. The minimum absolute atomic E-state index is 0.0351. The number of carbonyl (C=O) groups excluding carboxylic acids is 1. The van der Waals surface area contributed by atoms with E-state index in [4.69, 9.17) is 21.3 Å². The number of nitrogens with zero attached hydrogens (tertiary/aromatic N) is 2. The molecular formula is C24H44F2N4O4. The Bertz CT molecular complexity index is 624. The summed E-state index contributed by atoms with van der Waals surface area (Å²) < 4.78 is 27.8. The molecule has 1 heterocycles. The molecule has 198 valence electrons. The van der Waals surface area contributed by atoms with Gasteiger partial charge in [0.1, 0.15) is 11.9 Å². The zero-order chi connectivity index (χ0) is 25.9. The molecule has 1 saturated carbocycles. The standard InChI is InChI=1S/C12H21FN2O.C10H16N2O2.CH3F.CH4O/c13-10-6-7-15(8-10)12(16)11(14)9-4-2-1-3-5-9;1-12(8-7-11)10(13)14-9-5-3-2-4-6-9;2*1-2/h9-11H,1-8,14H2;2-6,10,13H,7-8,11H2,1H3;1H3;2H,1H3. The van der Waals surface area contributed by atoms with Crippen molar-refractivity contribution in [1.29, 1.82) is 0 Å². The number of hydrogen-bond acceptors (Lipinski definition) is 7. The van der Waals surface area contributed by atoms with Gasteiger partial charge in [-0.3, -0.25) is 9.18 Å². The molecule has 10 heteroatoms. The molecule has 3 rings (SSSR count). The zero-order valence-electron chi connectivity index (χ0n) is 20.8. The number of amides is 1. The molecule has 1 aromatic rings. The monoisotopic (exact) mass is 490 g/mol. The maximum absolute atomic E-state index is 13.0. The molecule has 3 unspecified atom stereocenters. The first-order valence-electron chi connectivity index (χ1n) is 11.7. The second-order valence-electron chi connectivity index (χ2n) is 8.12. The Morgan fingerprint density at radius 3 is 2.26 bits per heavy atom. The lowest BCUT2D eigenvalue weighted by Crippen LogP contribution is -2.47. The van der Waals surface area contributed by atoms with Crippen molar-refractivity contribution < 1.29 is 28.5 Å². The predicted molar refractivity (Wildman–Crippen MR) is 131 cm³/mol. The van der Waals surface area contributed by atoms with E-state index in [-0.39, 0.29) is 12.5 Å². The Kier molecular flexibility index (Phi) is 18.4. The number of hydrogen-bond donors (Lipinski definition) is 4. The van der Waals surface area contributed by atoms with Gasteiger partial charge in [-0.2, -0.15) is 0 Å². The van der Waals surface area contributed by atoms with Crippen LogP contribution in [0.25, 0.3) is 0 Å². The van der Waals surface area contributed by atoms with Crippen molar-refractivity contribution in [3.63, 3.8) is 0 Å². The molecule has 0 aromatic heterocycles. The smallest absolute Gasteiger partial charge is 0.259 e. The van der Waals surface area contributed by atoms with E-state index in [1.54, 1.807) is 29.0 Å². The van der Waals surface area contributed by atoms with Crippen LogP contribution in [0.5, 0.6) is 5.75 Å². The van der Waals surface area contributed by atoms with Gasteiger partial charge in [-0.25, -0.2) is 9.29 Å². The van der Waals surface area contributed by atoms with Crippen LogP contribution in [0.2, 0.25) is 0 Å². The second-order valence-corrected chi connectivity index (χ2v) is 8.12. The van der Waals surface area contributed by atoms with E-state index >= 15 is 0 Å². The molecule has 1 aromatic carbocycles. The summed E-state index contributed by atoms with van der Waals surface area (Å²) in [4.78, 5) is 15.3. The van der Waals surface area contributed by atoms with Gasteiger partial charge in [-0.15, -0.1) is 0 Å². The average molecular weight is 491 g/mol. The van der Waals surface area contributed by atoms with E-state index in [2.05, 4.69) is 0 Å². The Labute approximate surface area is 202 Å². The fourth-order valence-corrected chi connectivity index (χ4v) is 3.85. The first kappa shape index (κ1) is 32.1. The summed E-state index contributed by atoms with van der Waals surface area (Å²) in [6, 6.07) is 8.78. The number of likely N-dealkylation sites (N-methyl/N-ethyl adjacent to an activating group) is 1. The molecule has 0 radical (unpaired) electrons. The predicted octanol–water partition coefficient (Wildman–Crippen LogP) is 1.89. The molecule has 0 spiro atoms. The van der Waals surface area contributed by atoms with Crippen molar-refractivity contribution in [3.8, 4) is 5.75 Å². The van der Waals surface area contributed by atoms with Crippen LogP contribution >= 0.6 is 0 Å². The van der Waals surface area contributed by atoms with Crippen molar-refractivity contribution >= 4 is 5.91 Å². The number of nitrogens with two attached hydrogens (primary N) is 2.